The molecule has 0 bridgehead atoms. The molecule has 0 aromatic carbocycles. The molecule has 0 aromatic heterocycles. The number of ether oxygens (including phenoxy) is 1. The lowest BCUT2D eigenvalue weighted by atomic mass is 9.74. The molecule has 4 nitrogen and oxygen atoms in total. The quantitative estimate of drug-likeness (QED) is 0.773. The number of piperidine rings is 2. The van der Waals surface area contributed by atoms with Gasteiger partial charge in [0.15, 0.2) is 0 Å². The summed E-state index contributed by atoms with van der Waals surface area (Å²) in [5.74, 6) is 0.351. The summed E-state index contributed by atoms with van der Waals surface area (Å²) >= 11 is 0. The van der Waals surface area contributed by atoms with Crippen LogP contribution in [0.1, 0.15) is 39.0 Å². The molecule has 2 aliphatic heterocycles. The zero-order valence-corrected chi connectivity index (χ0v) is 11.7. The lowest BCUT2D eigenvalue weighted by Crippen LogP contribution is -2.63. The maximum absolute atomic E-state index is 12.3. The van der Waals surface area contributed by atoms with E-state index in [9.17, 15) is 4.79 Å². The molecule has 0 radical (unpaired) electrons. The molecular formula is C14H26N2O2. The van der Waals surface area contributed by atoms with Gasteiger partial charge in [0.1, 0.15) is 5.54 Å². The third kappa shape index (κ3) is 2.54. The van der Waals surface area contributed by atoms with Gasteiger partial charge in [-0.15, -0.1) is 0 Å². The van der Waals surface area contributed by atoms with E-state index in [0.29, 0.717) is 5.92 Å². The van der Waals surface area contributed by atoms with E-state index in [1.807, 2.05) is 0 Å². The summed E-state index contributed by atoms with van der Waals surface area (Å²) in [5.41, 5.74) is -0.416. The van der Waals surface area contributed by atoms with E-state index in [4.69, 9.17) is 4.74 Å². The summed E-state index contributed by atoms with van der Waals surface area (Å²) in [5, 5.41) is 3.50. The first-order valence-corrected chi connectivity index (χ1v) is 7.28. The number of hydrogen-bond donors (Lipinski definition) is 1. The first-order chi connectivity index (χ1) is 8.73. The van der Waals surface area contributed by atoms with Crippen molar-refractivity contribution in [3.63, 3.8) is 0 Å². The van der Waals surface area contributed by atoms with Gasteiger partial charge < -0.3 is 15.0 Å². The van der Waals surface area contributed by atoms with Gasteiger partial charge in [-0.3, -0.25) is 4.79 Å². The fourth-order valence-electron chi connectivity index (χ4n) is 3.55. The number of methoxy groups -OCH3 is 1. The topological polar surface area (TPSA) is 41.6 Å². The highest BCUT2D eigenvalue weighted by molar-refractivity contribution is 5.81. The van der Waals surface area contributed by atoms with Gasteiger partial charge in [0.05, 0.1) is 7.11 Å². The molecule has 2 rings (SSSR count). The van der Waals surface area contributed by atoms with Crippen LogP contribution in [-0.2, 0) is 9.53 Å². The minimum absolute atomic E-state index is 0.0508. The summed E-state index contributed by atoms with van der Waals surface area (Å²) in [6.45, 7) is 6.41. The van der Waals surface area contributed by atoms with Crippen LogP contribution in [0.15, 0.2) is 0 Å². The standard InChI is InChI=1S/C14H26N2O2/c1-3-16-10-6-7-12(11-16)14(13(17)18-2)8-4-5-9-15-14/h12,15H,3-11H2,1-2H3. The van der Waals surface area contributed by atoms with Crippen molar-refractivity contribution in [3.05, 3.63) is 0 Å². The minimum Gasteiger partial charge on any atom is -0.468 e. The fraction of sp³-hybridized carbons (Fsp3) is 0.929. The zero-order chi connectivity index (χ0) is 13.0. The maximum atomic E-state index is 12.3. The van der Waals surface area contributed by atoms with E-state index in [1.54, 1.807) is 0 Å². The number of nitrogens with one attached hydrogen (secondary N) is 1. The second-order valence-corrected chi connectivity index (χ2v) is 5.58. The third-order valence-electron chi connectivity index (χ3n) is 4.64. The van der Waals surface area contributed by atoms with Crippen molar-refractivity contribution in [2.75, 3.05) is 33.3 Å². The van der Waals surface area contributed by atoms with Gasteiger partial charge >= 0.3 is 5.97 Å². The lowest BCUT2D eigenvalue weighted by Gasteiger charge is -2.45. The normalized spacial score (nSPS) is 34.2. The number of nitrogens with zero attached hydrogens (tertiary/aromatic N) is 1. The van der Waals surface area contributed by atoms with E-state index in [-0.39, 0.29) is 5.97 Å². The number of esters is 1. The smallest absolute Gasteiger partial charge is 0.326 e. The predicted molar refractivity (Wildman–Crippen MR) is 71.4 cm³/mol. The van der Waals surface area contributed by atoms with Gasteiger partial charge in [0, 0.05) is 12.5 Å². The van der Waals surface area contributed by atoms with E-state index >= 15 is 0 Å². The molecule has 0 amide bonds. The summed E-state index contributed by atoms with van der Waals surface area (Å²) in [7, 11) is 1.51. The van der Waals surface area contributed by atoms with Crippen molar-refractivity contribution < 1.29 is 9.53 Å². The van der Waals surface area contributed by atoms with Crippen LogP contribution in [0.3, 0.4) is 0 Å². The summed E-state index contributed by atoms with van der Waals surface area (Å²) in [4.78, 5) is 14.7. The van der Waals surface area contributed by atoms with Crippen LogP contribution in [0.2, 0.25) is 0 Å². The van der Waals surface area contributed by atoms with E-state index < -0.39 is 5.54 Å². The molecular weight excluding hydrogens is 228 g/mol. The van der Waals surface area contributed by atoms with Gasteiger partial charge in [0.25, 0.3) is 0 Å². The Morgan fingerprint density at radius 3 is 2.89 bits per heavy atom. The van der Waals surface area contributed by atoms with E-state index in [0.717, 1.165) is 38.9 Å². The SMILES string of the molecule is CCN1CCCC(C2(C(=O)OC)CCCCN2)C1. The minimum atomic E-state index is -0.416. The Bertz CT molecular complexity index is 288. The molecule has 2 fully saturated rings. The summed E-state index contributed by atoms with van der Waals surface area (Å²) < 4.78 is 5.10. The second-order valence-electron chi connectivity index (χ2n) is 5.58. The predicted octanol–water partition coefficient (Wildman–Crippen LogP) is 1.40. The zero-order valence-electron chi connectivity index (χ0n) is 11.7. The molecule has 2 heterocycles. The molecule has 2 aliphatic rings. The number of hydrogen-bond acceptors (Lipinski definition) is 4. The first kappa shape index (κ1) is 13.8. The van der Waals surface area contributed by atoms with Gasteiger partial charge in [0.2, 0.25) is 0 Å². The Labute approximate surface area is 110 Å². The van der Waals surface area contributed by atoms with Crippen molar-refractivity contribution in [2.45, 2.75) is 44.6 Å². The van der Waals surface area contributed by atoms with Crippen molar-refractivity contribution in [1.29, 1.82) is 0 Å². The van der Waals surface area contributed by atoms with Crippen molar-refractivity contribution >= 4 is 5.97 Å². The Kier molecular flexibility index (Phi) is 4.62. The van der Waals surface area contributed by atoms with Gasteiger partial charge in [-0.05, 0) is 51.7 Å². The molecule has 2 atom stereocenters. The molecule has 18 heavy (non-hydrogen) atoms. The Morgan fingerprint density at radius 2 is 2.28 bits per heavy atom. The van der Waals surface area contributed by atoms with Crippen LogP contribution >= 0.6 is 0 Å². The average Bonchev–Trinajstić information content (AvgIpc) is 2.47. The van der Waals surface area contributed by atoms with Crippen LogP contribution < -0.4 is 5.32 Å². The number of likely N-dealkylation sites (tertiary alicyclic amines) is 1. The monoisotopic (exact) mass is 254 g/mol. The second kappa shape index (κ2) is 6.02. The van der Waals surface area contributed by atoms with E-state index in [2.05, 4.69) is 17.1 Å². The Morgan fingerprint density at radius 1 is 1.44 bits per heavy atom. The largest absolute Gasteiger partial charge is 0.468 e. The van der Waals surface area contributed by atoms with Crippen LogP contribution in [0.4, 0.5) is 0 Å². The van der Waals surface area contributed by atoms with Crippen LogP contribution in [0.25, 0.3) is 0 Å². The molecule has 2 unspecified atom stereocenters. The van der Waals surface area contributed by atoms with Gasteiger partial charge in [-0.2, -0.15) is 0 Å². The lowest BCUT2D eigenvalue weighted by molar-refractivity contribution is -0.154. The summed E-state index contributed by atoms with van der Waals surface area (Å²) in [6, 6.07) is 0. The van der Waals surface area contributed by atoms with Crippen molar-refractivity contribution in [1.82, 2.24) is 10.2 Å². The molecule has 4 heteroatoms. The Hall–Kier alpha value is -0.610. The number of carbonyl (C=O) groups excluding carboxylic acids is 1. The molecule has 0 spiro atoms. The number of carbonyl (C=O) groups is 1. The van der Waals surface area contributed by atoms with Crippen molar-refractivity contribution in [2.24, 2.45) is 5.92 Å². The maximum Gasteiger partial charge on any atom is 0.326 e. The van der Waals surface area contributed by atoms with Crippen LogP contribution in [0.5, 0.6) is 0 Å². The molecule has 1 N–H and O–H groups in total. The highest BCUT2D eigenvalue weighted by atomic mass is 16.5. The highest BCUT2D eigenvalue weighted by Gasteiger charge is 2.48. The first-order valence-electron chi connectivity index (χ1n) is 7.28. The molecule has 0 aliphatic carbocycles. The Balaban J connectivity index is 2.14. The van der Waals surface area contributed by atoms with Crippen molar-refractivity contribution in [3.8, 4) is 0 Å². The van der Waals surface area contributed by atoms with Gasteiger partial charge in [-0.1, -0.05) is 6.92 Å². The molecule has 0 aromatic rings. The van der Waals surface area contributed by atoms with Crippen LogP contribution in [-0.4, -0.2) is 49.7 Å². The van der Waals surface area contributed by atoms with Gasteiger partial charge in [-0.25, -0.2) is 0 Å². The molecule has 2 saturated heterocycles. The fourth-order valence-corrected chi connectivity index (χ4v) is 3.55. The van der Waals surface area contributed by atoms with E-state index in [1.165, 1.54) is 26.5 Å². The number of rotatable bonds is 3. The molecule has 104 valence electrons. The molecule has 0 saturated carbocycles. The highest BCUT2D eigenvalue weighted by Crippen LogP contribution is 2.34. The third-order valence-corrected chi connectivity index (χ3v) is 4.64. The van der Waals surface area contributed by atoms with Crippen LogP contribution in [0, 0.1) is 5.92 Å². The summed E-state index contributed by atoms with van der Waals surface area (Å²) in [6.07, 6.45) is 5.56. The average molecular weight is 254 g/mol.